The van der Waals surface area contributed by atoms with Gasteiger partial charge in [-0.25, -0.2) is 13.2 Å². The summed E-state index contributed by atoms with van der Waals surface area (Å²) in [6, 6.07) is 3.66. The van der Waals surface area contributed by atoms with E-state index in [1.54, 1.807) is 0 Å². The number of hydrogen-bond acceptors (Lipinski definition) is 3. The highest BCUT2D eigenvalue weighted by Gasteiger charge is 2.24. The number of nitrogens with two attached hydrogens (primary N) is 2. The van der Waals surface area contributed by atoms with E-state index in [9.17, 15) is 13.2 Å². The van der Waals surface area contributed by atoms with Gasteiger partial charge < -0.3 is 16.2 Å². The Morgan fingerprint density at radius 2 is 1.70 bits per heavy atom. The summed E-state index contributed by atoms with van der Waals surface area (Å²) in [5.41, 5.74) is 10.4. The van der Waals surface area contributed by atoms with Crippen molar-refractivity contribution in [2.24, 2.45) is 0 Å². The SMILES string of the molecule is COc1c(N)c(N)c(F)c(F)c1-c1ccc(F)cc1I. The van der Waals surface area contributed by atoms with Crippen LogP contribution in [0.15, 0.2) is 18.2 Å². The minimum Gasteiger partial charge on any atom is -0.494 e. The Morgan fingerprint density at radius 3 is 2.25 bits per heavy atom. The largest absolute Gasteiger partial charge is 0.494 e. The zero-order chi connectivity index (χ0) is 15.0. The number of methoxy groups -OCH3 is 1. The molecule has 0 bridgehead atoms. The summed E-state index contributed by atoms with van der Waals surface area (Å²) in [6.45, 7) is 0. The molecular weight excluding hydrogens is 384 g/mol. The topological polar surface area (TPSA) is 61.3 Å². The van der Waals surface area contributed by atoms with Crippen LogP contribution >= 0.6 is 22.6 Å². The zero-order valence-electron chi connectivity index (χ0n) is 10.3. The van der Waals surface area contributed by atoms with Crippen molar-refractivity contribution in [1.82, 2.24) is 0 Å². The van der Waals surface area contributed by atoms with Crippen LogP contribution in [-0.2, 0) is 0 Å². The van der Waals surface area contributed by atoms with Gasteiger partial charge in [0.05, 0.1) is 18.4 Å². The Labute approximate surface area is 126 Å². The Balaban J connectivity index is 2.86. The van der Waals surface area contributed by atoms with E-state index in [4.69, 9.17) is 16.2 Å². The number of anilines is 2. The average Bonchev–Trinajstić information content (AvgIpc) is 2.41. The molecule has 0 unspecified atom stereocenters. The molecule has 0 atom stereocenters. The molecule has 0 aliphatic rings. The summed E-state index contributed by atoms with van der Waals surface area (Å²) in [5.74, 6) is -3.00. The van der Waals surface area contributed by atoms with Crippen LogP contribution in [0.2, 0.25) is 0 Å². The van der Waals surface area contributed by atoms with Crippen molar-refractivity contribution < 1.29 is 17.9 Å². The highest BCUT2D eigenvalue weighted by Crippen LogP contribution is 2.43. The fraction of sp³-hybridized carbons (Fsp3) is 0.0769. The van der Waals surface area contributed by atoms with Gasteiger partial charge in [-0.2, -0.15) is 0 Å². The van der Waals surface area contributed by atoms with Crippen molar-refractivity contribution in [1.29, 1.82) is 0 Å². The smallest absolute Gasteiger partial charge is 0.184 e. The lowest BCUT2D eigenvalue weighted by molar-refractivity contribution is 0.412. The summed E-state index contributed by atoms with van der Waals surface area (Å²) in [4.78, 5) is 0. The second-order valence-corrected chi connectivity index (χ2v) is 5.15. The van der Waals surface area contributed by atoms with Crippen molar-refractivity contribution in [3.8, 4) is 16.9 Å². The van der Waals surface area contributed by atoms with Crippen molar-refractivity contribution in [3.63, 3.8) is 0 Å². The Morgan fingerprint density at radius 1 is 1.05 bits per heavy atom. The highest BCUT2D eigenvalue weighted by atomic mass is 127. The minimum atomic E-state index is -1.25. The van der Waals surface area contributed by atoms with Gasteiger partial charge in [-0.05, 0) is 34.7 Å². The van der Waals surface area contributed by atoms with Crippen LogP contribution in [0.4, 0.5) is 24.5 Å². The lowest BCUT2D eigenvalue weighted by Crippen LogP contribution is -2.07. The van der Waals surface area contributed by atoms with E-state index >= 15 is 0 Å². The first-order valence-corrected chi connectivity index (χ1v) is 6.51. The summed E-state index contributed by atoms with van der Waals surface area (Å²) >= 11 is 1.81. The summed E-state index contributed by atoms with van der Waals surface area (Å²) in [6.07, 6.45) is 0. The van der Waals surface area contributed by atoms with Gasteiger partial charge in [0.1, 0.15) is 11.5 Å². The molecule has 2 aromatic carbocycles. The monoisotopic (exact) mass is 394 g/mol. The first kappa shape index (κ1) is 14.8. The fourth-order valence-corrected chi connectivity index (χ4v) is 2.59. The van der Waals surface area contributed by atoms with Crippen LogP contribution < -0.4 is 16.2 Å². The van der Waals surface area contributed by atoms with Gasteiger partial charge in [-0.1, -0.05) is 6.07 Å². The molecular formula is C13H10F3IN2O. The molecule has 0 spiro atoms. The first-order chi connectivity index (χ1) is 9.38. The van der Waals surface area contributed by atoms with Gasteiger partial charge in [0, 0.05) is 9.13 Å². The van der Waals surface area contributed by atoms with E-state index in [1.807, 2.05) is 22.6 Å². The van der Waals surface area contributed by atoms with Gasteiger partial charge in [-0.15, -0.1) is 0 Å². The van der Waals surface area contributed by atoms with Crippen LogP contribution in [0.5, 0.6) is 5.75 Å². The molecule has 0 heterocycles. The maximum Gasteiger partial charge on any atom is 0.184 e. The molecule has 0 fully saturated rings. The standard InChI is InChI=1S/C13H10F3IN2O/c1-20-13-8(6-3-2-5(14)4-7(6)17)9(15)10(16)11(18)12(13)19/h2-4H,18-19H2,1H3. The lowest BCUT2D eigenvalue weighted by atomic mass is 10.0. The highest BCUT2D eigenvalue weighted by molar-refractivity contribution is 14.1. The number of benzene rings is 2. The van der Waals surface area contributed by atoms with Gasteiger partial charge in [0.25, 0.3) is 0 Å². The van der Waals surface area contributed by atoms with E-state index in [2.05, 4.69) is 0 Å². The van der Waals surface area contributed by atoms with Gasteiger partial charge in [0.15, 0.2) is 17.4 Å². The quantitative estimate of drug-likeness (QED) is 0.605. The molecule has 3 nitrogen and oxygen atoms in total. The molecule has 0 amide bonds. The van der Waals surface area contributed by atoms with Crippen LogP contribution in [0.25, 0.3) is 11.1 Å². The van der Waals surface area contributed by atoms with Crippen molar-refractivity contribution >= 4 is 34.0 Å². The predicted molar refractivity (Wildman–Crippen MR) is 79.8 cm³/mol. The second kappa shape index (κ2) is 5.39. The summed E-state index contributed by atoms with van der Waals surface area (Å²) in [5, 5.41) is 0. The molecule has 0 aromatic heterocycles. The molecule has 106 valence electrons. The van der Waals surface area contributed by atoms with Gasteiger partial charge in [0.2, 0.25) is 0 Å². The molecule has 2 aromatic rings. The molecule has 0 saturated heterocycles. The third kappa shape index (κ3) is 2.26. The van der Waals surface area contributed by atoms with Crippen LogP contribution in [0.1, 0.15) is 0 Å². The molecule has 7 heteroatoms. The van der Waals surface area contributed by atoms with Crippen LogP contribution in [0, 0.1) is 21.0 Å². The fourth-order valence-electron chi connectivity index (χ4n) is 1.85. The van der Waals surface area contributed by atoms with E-state index in [0.29, 0.717) is 3.57 Å². The number of ether oxygens (including phenoxy) is 1. The minimum absolute atomic E-state index is 0.0778. The predicted octanol–water partition coefficient (Wildman–Crippen LogP) is 3.55. The Kier molecular flexibility index (Phi) is 3.98. The third-order valence-electron chi connectivity index (χ3n) is 2.82. The average molecular weight is 394 g/mol. The molecule has 0 saturated carbocycles. The first-order valence-electron chi connectivity index (χ1n) is 5.43. The van der Waals surface area contributed by atoms with E-state index in [1.165, 1.54) is 19.2 Å². The second-order valence-electron chi connectivity index (χ2n) is 3.99. The Hall–Kier alpha value is -1.64. The molecule has 20 heavy (non-hydrogen) atoms. The number of hydrogen-bond donors (Lipinski definition) is 2. The Bertz CT molecular complexity index is 692. The van der Waals surface area contributed by atoms with Crippen LogP contribution in [-0.4, -0.2) is 7.11 Å². The molecule has 0 aliphatic carbocycles. The summed E-state index contributed by atoms with van der Waals surface area (Å²) in [7, 11) is 1.27. The molecule has 0 aliphatic heterocycles. The molecule has 2 rings (SSSR count). The molecule has 4 N–H and O–H groups in total. The lowest BCUT2D eigenvalue weighted by Gasteiger charge is -2.16. The maximum absolute atomic E-state index is 14.2. The summed E-state index contributed by atoms with van der Waals surface area (Å²) < 4.78 is 46.5. The van der Waals surface area contributed by atoms with Gasteiger partial charge >= 0.3 is 0 Å². The zero-order valence-corrected chi connectivity index (χ0v) is 12.5. The van der Waals surface area contributed by atoms with E-state index in [-0.39, 0.29) is 22.6 Å². The van der Waals surface area contributed by atoms with Crippen molar-refractivity contribution in [2.45, 2.75) is 0 Å². The van der Waals surface area contributed by atoms with Crippen molar-refractivity contribution in [3.05, 3.63) is 39.2 Å². The number of nitrogen functional groups attached to an aromatic ring is 2. The van der Waals surface area contributed by atoms with Gasteiger partial charge in [-0.3, -0.25) is 0 Å². The normalized spacial score (nSPS) is 10.7. The van der Waals surface area contributed by atoms with Crippen LogP contribution in [0.3, 0.4) is 0 Å². The number of rotatable bonds is 2. The third-order valence-corrected chi connectivity index (χ3v) is 3.71. The van der Waals surface area contributed by atoms with E-state index < -0.39 is 23.1 Å². The van der Waals surface area contributed by atoms with E-state index in [0.717, 1.165) is 6.07 Å². The molecule has 0 radical (unpaired) electrons. The van der Waals surface area contributed by atoms with Crippen molar-refractivity contribution in [2.75, 3.05) is 18.6 Å². The maximum atomic E-state index is 14.2. The number of halogens is 4.